The minimum absolute atomic E-state index is 0.175. The minimum Gasteiger partial charge on any atom is -0.468 e. The van der Waals surface area contributed by atoms with Crippen LogP contribution < -0.4 is 0 Å². The summed E-state index contributed by atoms with van der Waals surface area (Å²) in [6, 6.07) is 17.5. The van der Waals surface area contributed by atoms with Gasteiger partial charge in [-0.05, 0) is 44.0 Å². The first kappa shape index (κ1) is 23.5. The van der Waals surface area contributed by atoms with Crippen LogP contribution in [0.25, 0.3) is 16.2 Å². The third-order valence-electron chi connectivity index (χ3n) is 6.09. The van der Waals surface area contributed by atoms with E-state index in [9.17, 15) is 8.42 Å². The van der Waals surface area contributed by atoms with Crippen molar-refractivity contribution in [2.75, 3.05) is 6.54 Å². The summed E-state index contributed by atoms with van der Waals surface area (Å²) in [4.78, 5) is 6.02. The summed E-state index contributed by atoms with van der Waals surface area (Å²) in [6.07, 6.45) is 4.14. The molecule has 5 aromatic rings. The Labute approximate surface area is 209 Å². The molecule has 0 atom stereocenters. The van der Waals surface area contributed by atoms with E-state index in [1.54, 1.807) is 23.7 Å². The molecule has 0 bridgehead atoms. The topological polar surface area (TPSA) is 67.8 Å². The highest BCUT2D eigenvalue weighted by Crippen LogP contribution is 2.28. The maximum Gasteiger partial charge on any atom is 0.244 e. The zero-order valence-corrected chi connectivity index (χ0v) is 21.6. The van der Waals surface area contributed by atoms with Crippen LogP contribution in [0.4, 0.5) is 0 Å². The molecule has 0 fully saturated rings. The lowest BCUT2D eigenvalue weighted by atomic mass is 10.1. The van der Waals surface area contributed by atoms with Crippen molar-refractivity contribution in [3.63, 3.8) is 0 Å². The molecule has 5 rings (SSSR count). The summed E-state index contributed by atoms with van der Waals surface area (Å²) >= 11 is 1.56. The average Bonchev–Trinajstić information content (AvgIpc) is 3.54. The monoisotopic (exact) mass is 505 g/mol. The number of hydrogen-bond donors (Lipinski definition) is 0. The van der Waals surface area contributed by atoms with Crippen LogP contribution in [0, 0.1) is 20.8 Å². The van der Waals surface area contributed by atoms with Crippen LogP contribution in [0.5, 0.6) is 0 Å². The lowest BCUT2D eigenvalue weighted by Crippen LogP contribution is -2.33. The molecule has 0 aliphatic carbocycles. The first-order valence-electron chi connectivity index (χ1n) is 11.4. The summed E-state index contributed by atoms with van der Waals surface area (Å²) < 4.78 is 36.9. The quantitative estimate of drug-likeness (QED) is 0.259. The van der Waals surface area contributed by atoms with Crippen molar-refractivity contribution in [2.24, 2.45) is 0 Å². The highest BCUT2D eigenvalue weighted by Gasteiger charge is 2.29. The number of fused-ring (bicyclic) bond motifs is 1. The van der Waals surface area contributed by atoms with E-state index in [1.165, 1.54) is 4.31 Å². The molecule has 0 aliphatic heterocycles. The third-order valence-corrected chi connectivity index (χ3v) is 9.13. The Morgan fingerprint density at radius 3 is 2.46 bits per heavy atom. The number of sulfonamides is 1. The Morgan fingerprint density at radius 2 is 1.77 bits per heavy atom. The first-order valence-corrected chi connectivity index (χ1v) is 13.8. The van der Waals surface area contributed by atoms with Crippen molar-refractivity contribution in [3.05, 3.63) is 101 Å². The number of benzene rings is 2. The van der Waals surface area contributed by atoms with Crippen LogP contribution in [0.3, 0.4) is 0 Å². The Bertz CT molecular complexity index is 1540. The zero-order valence-electron chi connectivity index (χ0n) is 19.9. The Hall–Kier alpha value is -3.20. The van der Waals surface area contributed by atoms with Crippen molar-refractivity contribution in [3.8, 4) is 11.3 Å². The van der Waals surface area contributed by atoms with Crippen LogP contribution in [0.1, 0.15) is 28.1 Å². The molecule has 0 saturated heterocycles. The molecule has 0 spiro atoms. The fraction of sp³-hybridized carbons (Fsp3) is 0.222. The molecule has 35 heavy (non-hydrogen) atoms. The maximum absolute atomic E-state index is 13.9. The van der Waals surface area contributed by atoms with Gasteiger partial charge in [0, 0.05) is 35.8 Å². The Morgan fingerprint density at radius 1 is 1.03 bits per heavy atom. The molecule has 0 radical (unpaired) electrons. The van der Waals surface area contributed by atoms with Gasteiger partial charge in [0.2, 0.25) is 10.0 Å². The number of aryl methyl sites for hydroxylation is 3. The number of thiazole rings is 1. The van der Waals surface area contributed by atoms with Gasteiger partial charge in [0.1, 0.15) is 5.76 Å². The summed E-state index contributed by atoms with van der Waals surface area (Å²) in [5.41, 5.74) is 5.55. The molecular weight excluding hydrogens is 478 g/mol. The van der Waals surface area contributed by atoms with Gasteiger partial charge < -0.3 is 4.42 Å². The van der Waals surface area contributed by atoms with Crippen LogP contribution in [0.2, 0.25) is 0 Å². The van der Waals surface area contributed by atoms with Gasteiger partial charge in [0.05, 0.1) is 23.4 Å². The van der Waals surface area contributed by atoms with E-state index < -0.39 is 10.0 Å². The average molecular weight is 506 g/mol. The number of hydrogen-bond acceptors (Lipinski definition) is 5. The van der Waals surface area contributed by atoms with Gasteiger partial charge in [-0.25, -0.2) is 13.4 Å². The fourth-order valence-corrected chi connectivity index (χ4v) is 7.29. The molecule has 0 amide bonds. The number of imidazole rings is 1. The lowest BCUT2D eigenvalue weighted by Gasteiger charge is -2.23. The van der Waals surface area contributed by atoms with Gasteiger partial charge in [0.15, 0.2) is 4.96 Å². The second-order valence-electron chi connectivity index (χ2n) is 8.77. The Balaban J connectivity index is 1.46. The van der Waals surface area contributed by atoms with Gasteiger partial charge in [-0.2, -0.15) is 4.31 Å². The number of nitrogens with zero attached hydrogens (tertiary/aromatic N) is 3. The summed E-state index contributed by atoms with van der Waals surface area (Å²) in [7, 11) is -3.75. The largest absolute Gasteiger partial charge is 0.468 e. The van der Waals surface area contributed by atoms with Crippen LogP contribution in [-0.4, -0.2) is 28.7 Å². The van der Waals surface area contributed by atoms with Crippen molar-refractivity contribution in [2.45, 2.75) is 38.6 Å². The van der Waals surface area contributed by atoms with E-state index in [2.05, 4.69) is 9.78 Å². The predicted octanol–water partition coefficient (Wildman–Crippen LogP) is 6.01. The smallest absolute Gasteiger partial charge is 0.244 e. The summed E-state index contributed by atoms with van der Waals surface area (Å²) in [5, 5.41) is 2.05. The van der Waals surface area contributed by atoms with Gasteiger partial charge in [-0.1, -0.05) is 48.0 Å². The van der Waals surface area contributed by atoms with E-state index in [1.807, 2.05) is 75.5 Å². The number of rotatable bonds is 8. The first-order chi connectivity index (χ1) is 16.8. The van der Waals surface area contributed by atoms with Gasteiger partial charge in [0.25, 0.3) is 0 Å². The van der Waals surface area contributed by atoms with E-state index in [-0.39, 0.29) is 6.54 Å². The molecule has 0 N–H and O–H groups in total. The lowest BCUT2D eigenvalue weighted by molar-refractivity contribution is 0.364. The number of aromatic nitrogens is 2. The van der Waals surface area contributed by atoms with E-state index in [0.717, 1.165) is 38.6 Å². The molecule has 0 aliphatic rings. The van der Waals surface area contributed by atoms with Crippen LogP contribution in [0.15, 0.2) is 81.8 Å². The Kier molecular flexibility index (Phi) is 6.35. The van der Waals surface area contributed by atoms with Gasteiger partial charge >= 0.3 is 0 Å². The fourth-order valence-electron chi connectivity index (χ4n) is 4.56. The van der Waals surface area contributed by atoms with E-state index >= 15 is 0 Å². The van der Waals surface area contributed by atoms with Gasteiger partial charge in [-0.15, -0.1) is 11.3 Å². The van der Waals surface area contributed by atoms with Crippen molar-refractivity contribution in [1.29, 1.82) is 0 Å². The highest BCUT2D eigenvalue weighted by molar-refractivity contribution is 7.89. The molecule has 2 aromatic carbocycles. The molecule has 180 valence electrons. The molecular formula is C27H27N3O3S2. The maximum atomic E-state index is 13.9. The second-order valence-corrected chi connectivity index (χ2v) is 11.5. The molecule has 6 nitrogen and oxygen atoms in total. The molecule has 3 heterocycles. The zero-order chi connectivity index (χ0) is 24.6. The normalized spacial score (nSPS) is 12.1. The summed E-state index contributed by atoms with van der Waals surface area (Å²) in [5.74, 6) is 0.612. The van der Waals surface area contributed by atoms with Gasteiger partial charge in [-0.3, -0.25) is 4.40 Å². The third kappa shape index (κ3) is 4.69. The van der Waals surface area contributed by atoms with Crippen LogP contribution >= 0.6 is 11.3 Å². The highest BCUT2D eigenvalue weighted by atomic mass is 32.2. The predicted molar refractivity (Wildman–Crippen MR) is 139 cm³/mol. The number of furan rings is 1. The van der Waals surface area contributed by atoms with E-state index in [4.69, 9.17) is 9.40 Å². The van der Waals surface area contributed by atoms with Crippen molar-refractivity contribution < 1.29 is 12.8 Å². The molecule has 0 unspecified atom stereocenters. The van der Waals surface area contributed by atoms with Crippen molar-refractivity contribution >= 4 is 26.3 Å². The van der Waals surface area contributed by atoms with Crippen molar-refractivity contribution in [1.82, 2.24) is 13.7 Å². The molecule has 0 saturated carbocycles. The minimum atomic E-state index is -3.75. The molecule has 3 aromatic heterocycles. The summed E-state index contributed by atoms with van der Waals surface area (Å²) in [6.45, 7) is 6.19. The SMILES string of the molecule is Cc1cc(C)c(S(=O)(=O)N(CCc2csc3nc(-c4ccccc4)cn23)Cc2ccco2)c(C)c1. The molecule has 8 heteroatoms. The van der Waals surface area contributed by atoms with E-state index in [0.29, 0.717) is 23.6 Å². The second kappa shape index (κ2) is 9.45. The standard InChI is InChI=1S/C27H27N3O3S2/c1-19-14-20(2)26(21(3)15-19)35(31,32)29(16-24-10-7-13-33-24)12-11-23-18-34-27-28-25(17-30(23)27)22-8-5-4-6-9-22/h4-10,13-15,17-18H,11-12,16H2,1-3H3. The van der Waals surface area contributed by atoms with Crippen LogP contribution in [-0.2, 0) is 23.0 Å².